The molecule has 5 rings (SSSR count). The second-order valence-electron chi connectivity index (χ2n) is 10.7. The van der Waals surface area contributed by atoms with E-state index < -0.39 is 70.6 Å². The van der Waals surface area contributed by atoms with Crippen LogP contribution in [0.5, 0.6) is 0 Å². The maximum atomic E-state index is 14.6. The lowest BCUT2D eigenvalue weighted by Crippen LogP contribution is -2.63. The van der Waals surface area contributed by atoms with Crippen molar-refractivity contribution >= 4 is 51.6 Å². The smallest absolute Gasteiger partial charge is 0.252 e. The van der Waals surface area contributed by atoms with Crippen molar-refractivity contribution in [2.24, 2.45) is 0 Å². The van der Waals surface area contributed by atoms with Gasteiger partial charge in [0.2, 0.25) is 11.8 Å². The van der Waals surface area contributed by atoms with Gasteiger partial charge < -0.3 is 10.6 Å². The molecule has 1 saturated carbocycles. The summed E-state index contributed by atoms with van der Waals surface area (Å²) < 4.78 is 54.1. The van der Waals surface area contributed by atoms with E-state index in [1.54, 1.807) is 12.1 Å². The molecule has 3 amide bonds. The fourth-order valence-corrected chi connectivity index (χ4v) is 6.53. The van der Waals surface area contributed by atoms with Crippen LogP contribution in [-0.2, 0) is 25.2 Å². The summed E-state index contributed by atoms with van der Waals surface area (Å²) in [4.78, 5) is 47.7. The van der Waals surface area contributed by atoms with Crippen molar-refractivity contribution in [1.82, 2.24) is 10.3 Å². The third kappa shape index (κ3) is 5.92. The molecular formula is C30H25ClF3N5O4S. The molecule has 2 fully saturated rings. The van der Waals surface area contributed by atoms with E-state index in [0.29, 0.717) is 0 Å². The molecule has 1 saturated heterocycles. The number of pyridine rings is 1. The van der Waals surface area contributed by atoms with Crippen molar-refractivity contribution in [3.8, 4) is 6.07 Å². The first-order valence-electron chi connectivity index (χ1n) is 13.4. The number of carbonyl (C=O) groups is 3. The zero-order chi connectivity index (χ0) is 31.8. The molecule has 0 spiro atoms. The Bertz CT molecular complexity index is 1730. The third-order valence-electron chi connectivity index (χ3n) is 7.72. The van der Waals surface area contributed by atoms with Gasteiger partial charge in [-0.2, -0.15) is 5.26 Å². The first kappa shape index (κ1) is 31.2. The minimum absolute atomic E-state index is 0.0613. The standard InChI is InChI=1S/C30H25ClF3N5O4S/c1-44(43)21-12-18(32)11-19(13-21)38-28(42)30(8-6-25(40)39(30)24-10-17(16-35)7-9-36-24)26(22-4-2-3-5-23(22)31)27(41)37-20-14-29(33,34)15-20/h2-5,7,9-13,20,26H,6,8,14-15H2,1H3,(H,37,41)(H,38,42)/t26-,30?,44+/m1/s1. The molecule has 44 heavy (non-hydrogen) atoms. The van der Waals surface area contributed by atoms with Gasteiger partial charge in [0.05, 0.1) is 17.6 Å². The van der Waals surface area contributed by atoms with Crippen LogP contribution < -0.4 is 15.5 Å². The van der Waals surface area contributed by atoms with Gasteiger partial charge in [0.15, 0.2) is 0 Å². The lowest BCUT2D eigenvalue weighted by molar-refractivity contribution is -0.136. The van der Waals surface area contributed by atoms with Crippen LogP contribution in [0.25, 0.3) is 0 Å². The van der Waals surface area contributed by atoms with E-state index >= 15 is 0 Å². The Hall–Kier alpha value is -4.28. The Labute approximate surface area is 257 Å². The molecule has 1 unspecified atom stereocenters. The number of nitriles is 1. The number of carbonyl (C=O) groups excluding carboxylic acids is 3. The van der Waals surface area contributed by atoms with Gasteiger partial charge in [-0.3, -0.25) is 23.5 Å². The molecule has 1 aliphatic heterocycles. The van der Waals surface area contributed by atoms with E-state index in [4.69, 9.17) is 11.6 Å². The first-order chi connectivity index (χ1) is 20.8. The maximum absolute atomic E-state index is 14.6. The SMILES string of the molecule is C[S@](=O)c1cc(F)cc(NC(=O)C2([C@@H](C(=O)NC3CC(F)(F)C3)c3ccccc3Cl)CCC(=O)N2c2cc(C#N)ccn2)c1. The maximum Gasteiger partial charge on any atom is 0.252 e. The van der Waals surface area contributed by atoms with Crippen LogP contribution in [0.3, 0.4) is 0 Å². The number of anilines is 2. The number of aromatic nitrogens is 1. The van der Waals surface area contributed by atoms with E-state index in [2.05, 4.69) is 15.6 Å². The summed E-state index contributed by atoms with van der Waals surface area (Å²) in [5.41, 5.74) is -2.00. The van der Waals surface area contributed by atoms with Crippen molar-refractivity contribution in [2.75, 3.05) is 16.5 Å². The van der Waals surface area contributed by atoms with Gasteiger partial charge in [-0.05, 0) is 48.4 Å². The molecule has 1 aromatic heterocycles. The first-order valence-corrected chi connectivity index (χ1v) is 15.4. The van der Waals surface area contributed by atoms with Crippen LogP contribution in [-0.4, -0.2) is 50.7 Å². The molecular weight excluding hydrogens is 619 g/mol. The molecule has 228 valence electrons. The highest BCUT2D eigenvalue weighted by atomic mass is 35.5. The van der Waals surface area contributed by atoms with Crippen molar-refractivity contribution in [3.63, 3.8) is 0 Å². The predicted octanol–water partition coefficient (Wildman–Crippen LogP) is 4.69. The number of amides is 3. The van der Waals surface area contributed by atoms with E-state index in [1.807, 2.05) is 6.07 Å². The Morgan fingerprint density at radius 3 is 2.57 bits per heavy atom. The normalized spacial score (nSPS) is 20.7. The number of halogens is 4. The zero-order valence-corrected chi connectivity index (χ0v) is 24.7. The Morgan fingerprint density at radius 2 is 1.91 bits per heavy atom. The highest BCUT2D eigenvalue weighted by molar-refractivity contribution is 7.84. The molecule has 0 bridgehead atoms. The minimum Gasteiger partial charge on any atom is -0.352 e. The quantitative estimate of drug-likeness (QED) is 0.366. The molecule has 2 aliphatic rings. The zero-order valence-electron chi connectivity index (χ0n) is 23.2. The average molecular weight is 644 g/mol. The fourth-order valence-electron chi connectivity index (χ4n) is 5.72. The number of hydrogen-bond donors (Lipinski definition) is 2. The number of hydrogen-bond acceptors (Lipinski definition) is 6. The second kappa shape index (κ2) is 12.0. The summed E-state index contributed by atoms with van der Waals surface area (Å²) >= 11 is 6.58. The molecule has 3 atom stereocenters. The summed E-state index contributed by atoms with van der Waals surface area (Å²) in [7, 11) is -1.62. The largest absolute Gasteiger partial charge is 0.352 e. The molecule has 0 radical (unpaired) electrons. The van der Waals surface area contributed by atoms with Crippen LogP contribution in [0.15, 0.2) is 65.7 Å². The molecule has 3 aromatic rings. The van der Waals surface area contributed by atoms with Gasteiger partial charge in [-0.1, -0.05) is 29.8 Å². The van der Waals surface area contributed by atoms with Crippen LogP contribution in [0.1, 0.15) is 42.7 Å². The summed E-state index contributed by atoms with van der Waals surface area (Å²) in [6.45, 7) is 0. The van der Waals surface area contributed by atoms with Crippen LogP contribution in [0.2, 0.25) is 5.02 Å². The van der Waals surface area contributed by atoms with Gasteiger partial charge >= 0.3 is 0 Å². The van der Waals surface area contributed by atoms with E-state index in [9.17, 15) is 37.0 Å². The minimum atomic E-state index is -2.96. The van der Waals surface area contributed by atoms with Gasteiger partial charge in [0, 0.05) is 64.2 Å². The summed E-state index contributed by atoms with van der Waals surface area (Å²) in [6.07, 6.45) is 0.869. The molecule has 9 nitrogen and oxygen atoms in total. The number of alkyl halides is 2. The Morgan fingerprint density at radius 1 is 1.18 bits per heavy atom. The van der Waals surface area contributed by atoms with Crippen LogP contribution in [0.4, 0.5) is 24.7 Å². The van der Waals surface area contributed by atoms with Gasteiger partial charge in [-0.15, -0.1) is 0 Å². The number of benzene rings is 2. The molecule has 2 N–H and O–H groups in total. The van der Waals surface area contributed by atoms with Crippen molar-refractivity contribution in [3.05, 3.63) is 82.8 Å². The number of nitrogens with zero attached hydrogens (tertiary/aromatic N) is 3. The van der Waals surface area contributed by atoms with E-state index in [-0.39, 0.29) is 45.4 Å². The molecule has 2 aromatic carbocycles. The third-order valence-corrected chi connectivity index (χ3v) is 8.96. The van der Waals surface area contributed by atoms with E-state index in [0.717, 1.165) is 17.0 Å². The Balaban J connectivity index is 1.71. The molecule has 1 aliphatic carbocycles. The van der Waals surface area contributed by atoms with Crippen LogP contribution in [0, 0.1) is 17.1 Å². The molecule has 2 heterocycles. The number of rotatable bonds is 8. The van der Waals surface area contributed by atoms with Crippen molar-refractivity contribution in [1.29, 1.82) is 5.26 Å². The predicted molar refractivity (Wildman–Crippen MR) is 156 cm³/mol. The highest BCUT2D eigenvalue weighted by Crippen LogP contribution is 2.47. The topological polar surface area (TPSA) is 132 Å². The van der Waals surface area contributed by atoms with Gasteiger partial charge in [-0.25, -0.2) is 18.2 Å². The summed E-state index contributed by atoms with van der Waals surface area (Å²) in [5.74, 6) is -7.84. The lowest BCUT2D eigenvalue weighted by Gasteiger charge is -2.43. The highest BCUT2D eigenvalue weighted by Gasteiger charge is 2.61. The average Bonchev–Trinajstić information content (AvgIpc) is 3.30. The van der Waals surface area contributed by atoms with Gasteiger partial charge in [0.25, 0.3) is 11.8 Å². The second-order valence-corrected chi connectivity index (χ2v) is 12.5. The summed E-state index contributed by atoms with van der Waals surface area (Å²) in [5, 5.41) is 14.8. The monoisotopic (exact) mass is 643 g/mol. The number of nitrogens with one attached hydrogen (secondary N) is 2. The van der Waals surface area contributed by atoms with E-state index in [1.165, 1.54) is 42.8 Å². The van der Waals surface area contributed by atoms with Crippen LogP contribution >= 0.6 is 11.6 Å². The van der Waals surface area contributed by atoms with Gasteiger partial charge in [0.1, 0.15) is 17.2 Å². The van der Waals surface area contributed by atoms with Crippen molar-refractivity contribution < 1.29 is 31.8 Å². The molecule has 14 heteroatoms. The summed E-state index contributed by atoms with van der Waals surface area (Å²) in [6, 6.07) is 13.1. The Kier molecular flexibility index (Phi) is 8.51. The fraction of sp³-hybridized carbons (Fsp3) is 0.300. The lowest BCUT2D eigenvalue weighted by atomic mass is 9.74. The van der Waals surface area contributed by atoms with Crippen molar-refractivity contribution in [2.45, 2.75) is 54.0 Å².